The van der Waals surface area contributed by atoms with Gasteiger partial charge >= 0.3 is 0 Å². The van der Waals surface area contributed by atoms with Crippen molar-refractivity contribution in [2.75, 3.05) is 11.5 Å². The van der Waals surface area contributed by atoms with Gasteiger partial charge in [-0.05, 0) is 98.7 Å². The Labute approximate surface area is 147 Å². The van der Waals surface area contributed by atoms with E-state index in [1.807, 2.05) is 22.3 Å². The molecule has 0 spiro atoms. The smallest absolute Gasteiger partial charge is 0.00329 e. The number of hydrogen-bond donors (Lipinski definition) is 0. The van der Waals surface area contributed by atoms with Crippen LogP contribution in [0.1, 0.15) is 89.9 Å². The number of fused-ring (bicyclic) bond motifs is 2. The van der Waals surface area contributed by atoms with Crippen molar-refractivity contribution in [2.24, 2.45) is 11.8 Å². The third kappa shape index (κ3) is 3.75. The Balaban J connectivity index is 1.74. The topological polar surface area (TPSA) is 0 Å². The lowest BCUT2D eigenvalue weighted by Gasteiger charge is -2.32. The molecule has 2 atom stereocenters. The van der Waals surface area contributed by atoms with Crippen LogP contribution in [-0.2, 0) is 0 Å². The summed E-state index contributed by atoms with van der Waals surface area (Å²) in [6.07, 6.45) is 20.4. The first-order valence-corrected chi connectivity index (χ1v) is 11.6. The highest BCUT2D eigenvalue weighted by Crippen LogP contribution is 2.46. The van der Waals surface area contributed by atoms with Crippen molar-refractivity contribution in [2.45, 2.75) is 89.9 Å². The molecule has 0 radical (unpaired) electrons. The van der Waals surface area contributed by atoms with E-state index >= 15 is 0 Å². The summed E-state index contributed by atoms with van der Waals surface area (Å²) in [4.78, 5) is 0. The summed E-state index contributed by atoms with van der Waals surface area (Å²) >= 11 is 2.25. The zero-order valence-corrected chi connectivity index (χ0v) is 15.7. The molecule has 0 amide bonds. The highest BCUT2D eigenvalue weighted by molar-refractivity contribution is 7.99. The minimum Gasteiger partial charge on any atom is -0.161 e. The largest absolute Gasteiger partial charge is 0.161 e. The molecular formula is C22H34S. The molecule has 128 valence electrons. The number of rotatable bonds is 0. The molecule has 0 unspecified atom stereocenters. The van der Waals surface area contributed by atoms with Crippen molar-refractivity contribution >= 4 is 11.8 Å². The monoisotopic (exact) mass is 330 g/mol. The zero-order chi connectivity index (χ0) is 15.5. The fraction of sp³-hybridized carbons (Fsp3) is 0.818. The quantitative estimate of drug-likeness (QED) is 0.458. The Hall–Kier alpha value is -0.170. The first-order valence-electron chi connectivity index (χ1n) is 10.4. The van der Waals surface area contributed by atoms with Crippen molar-refractivity contribution in [1.82, 2.24) is 0 Å². The van der Waals surface area contributed by atoms with Gasteiger partial charge in [0.2, 0.25) is 0 Å². The molecular weight excluding hydrogens is 296 g/mol. The van der Waals surface area contributed by atoms with E-state index in [-0.39, 0.29) is 0 Å². The SMILES string of the molecule is C1CCCC2=C(\CC1)C[C@H]1CSC[C@@H]1C/C1=C\2CCCCCC1. The van der Waals surface area contributed by atoms with Crippen LogP contribution < -0.4 is 0 Å². The maximum atomic E-state index is 2.25. The van der Waals surface area contributed by atoms with Gasteiger partial charge in [0, 0.05) is 0 Å². The van der Waals surface area contributed by atoms with Crippen LogP contribution in [0.15, 0.2) is 22.3 Å². The van der Waals surface area contributed by atoms with Gasteiger partial charge in [0.1, 0.15) is 0 Å². The molecule has 1 fully saturated rings. The molecule has 1 saturated heterocycles. The second-order valence-electron chi connectivity index (χ2n) is 8.46. The summed E-state index contributed by atoms with van der Waals surface area (Å²) in [6.45, 7) is 0. The van der Waals surface area contributed by atoms with Gasteiger partial charge in [-0.25, -0.2) is 0 Å². The predicted molar refractivity (Wildman–Crippen MR) is 103 cm³/mol. The summed E-state index contributed by atoms with van der Waals surface area (Å²) in [6, 6.07) is 0. The van der Waals surface area contributed by atoms with Gasteiger partial charge in [-0.15, -0.1) is 0 Å². The Morgan fingerprint density at radius 2 is 0.957 bits per heavy atom. The second kappa shape index (κ2) is 7.81. The van der Waals surface area contributed by atoms with Crippen LogP contribution in [0.5, 0.6) is 0 Å². The van der Waals surface area contributed by atoms with Crippen LogP contribution in [0.25, 0.3) is 0 Å². The van der Waals surface area contributed by atoms with Crippen LogP contribution >= 0.6 is 11.8 Å². The average molecular weight is 331 g/mol. The van der Waals surface area contributed by atoms with Gasteiger partial charge in [-0.2, -0.15) is 11.8 Å². The fourth-order valence-corrected chi connectivity index (χ4v) is 7.07. The lowest BCUT2D eigenvalue weighted by Crippen LogP contribution is -2.19. The van der Waals surface area contributed by atoms with Crippen LogP contribution in [0.4, 0.5) is 0 Å². The predicted octanol–water partition coefficient (Wildman–Crippen LogP) is 7.06. The van der Waals surface area contributed by atoms with E-state index in [4.69, 9.17) is 0 Å². The molecule has 0 bridgehead atoms. The number of hydrogen-bond acceptors (Lipinski definition) is 1. The van der Waals surface area contributed by atoms with Crippen molar-refractivity contribution in [3.8, 4) is 0 Å². The highest BCUT2D eigenvalue weighted by atomic mass is 32.2. The van der Waals surface area contributed by atoms with Crippen molar-refractivity contribution in [3.63, 3.8) is 0 Å². The Bertz CT molecular complexity index is 440. The molecule has 23 heavy (non-hydrogen) atoms. The molecule has 0 nitrogen and oxygen atoms in total. The Kier molecular flexibility index (Phi) is 5.54. The standard InChI is InChI=1S/C22H34S/c1-3-7-11-21-17(9-5-1)13-19-15-23-16-20(19)14-18-10-6-2-4-8-12-22(18)21/h19-20H,1-16H2/b21-17-,22-18-/t19-,20-/m0/s1. The van der Waals surface area contributed by atoms with Crippen LogP contribution in [0.2, 0.25) is 0 Å². The number of thioether (sulfide) groups is 1. The van der Waals surface area contributed by atoms with E-state index < -0.39 is 0 Å². The molecule has 0 aromatic rings. The summed E-state index contributed by atoms with van der Waals surface area (Å²) in [5.41, 5.74) is 7.65. The van der Waals surface area contributed by atoms with E-state index in [0.717, 1.165) is 11.8 Å². The molecule has 0 saturated carbocycles. The van der Waals surface area contributed by atoms with Gasteiger partial charge in [-0.1, -0.05) is 36.8 Å². The first-order chi connectivity index (χ1) is 11.4. The lowest BCUT2D eigenvalue weighted by molar-refractivity contribution is 0.391. The minimum absolute atomic E-state index is 1.00. The van der Waals surface area contributed by atoms with Gasteiger partial charge in [0.15, 0.2) is 0 Å². The Morgan fingerprint density at radius 1 is 0.522 bits per heavy atom. The molecule has 1 heteroatoms. The van der Waals surface area contributed by atoms with Gasteiger partial charge in [0.05, 0.1) is 0 Å². The minimum atomic E-state index is 1.00. The second-order valence-corrected chi connectivity index (χ2v) is 9.53. The van der Waals surface area contributed by atoms with E-state index in [1.54, 1.807) is 0 Å². The highest BCUT2D eigenvalue weighted by Gasteiger charge is 2.33. The van der Waals surface area contributed by atoms with Crippen molar-refractivity contribution < 1.29 is 0 Å². The maximum Gasteiger partial charge on any atom is -0.00329 e. The van der Waals surface area contributed by atoms with E-state index in [2.05, 4.69) is 11.8 Å². The van der Waals surface area contributed by atoms with E-state index in [9.17, 15) is 0 Å². The molecule has 1 heterocycles. The van der Waals surface area contributed by atoms with Crippen LogP contribution in [0.3, 0.4) is 0 Å². The van der Waals surface area contributed by atoms with Gasteiger partial charge in [0.25, 0.3) is 0 Å². The maximum absolute atomic E-state index is 2.25. The van der Waals surface area contributed by atoms with Crippen LogP contribution in [0, 0.1) is 11.8 Å². The molecule has 4 aliphatic rings. The normalized spacial score (nSPS) is 39.7. The third-order valence-corrected chi connectivity index (χ3v) is 8.20. The first kappa shape index (κ1) is 16.3. The fourth-order valence-electron chi connectivity index (χ4n) is 5.55. The van der Waals surface area contributed by atoms with Crippen LogP contribution in [-0.4, -0.2) is 11.5 Å². The molecule has 4 rings (SSSR count). The Morgan fingerprint density at radius 3 is 1.43 bits per heavy atom. The average Bonchev–Trinajstić information content (AvgIpc) is 2.92. The molecule has 0 N–H and O–H groups in total. The number of allylic oxidation sites excluding steroid dienone is 4. The summed E-state index contributed by atoms with van der Waals surface area (Å²) in [7, 11) is 0. The van der Waals surface area contributed by atoms with Gasteiger partial charge < -0.3 is 0 Å². The molecule has 0 aromatic carbocycles. The molecule has 0 aromatic heterocycles. The van der Waals surface area contributed by atoms with Gasteiger partial charge in [-0.3, -0.25) is 0 Å². The summed E-state index contributed by atoms with van der Waals surface area (Å²) < 4.78 is 0. The van der Waals surface area contributed by atoms with E-state index in [0.29, 0.717) is 0 Å². The van der Waals surface area contributed by atoms with Crippen molar-refractivity contribution in [1.29, 1.82) is 0 Å². The summed E-state index contributed by atoms with van der Waals surface area (Å²) in [5.74, 6) is 4.90. The zero-order valence-electron chi connectivity index (χ0n) is 14.9. The molecule has 3 aliphatic carbocycles. The third-order valence-electron chi connectivity index (χ3n) is 6.88. The molecule has 1 aliphatic heterocycles. The summed E-state index contributed by atoms with van der Waals surface area (Å²) in [5, 5.41) is 0. The van der Waals surface area contributed by atoms with Crippen molar-refractivity contribution in [3.05, 3.63) is 22.3 Å². The lowest BCUT2D eigenvalue weighted by atomic mass is 9.73. The van der Waals surface area contributed by atoms with E-state index in [1.165, 1.54) is 101 Å².